The molecule has 80 valence electrons. The number of nitrogens with zero attached hydrogens (tertiary/aromatic N) is 3. The topological polar surface area (TPSA) is 70.2 Å². The molecule has 0 aliphatic heterocycles. The summed E-state index contributed by atoms with van der Waals surface area (Å²) in [7, 11) is 0. The normalized spacial score (nSPS) is 11.1. The molecule has 2 aromatic heterocycles. The van der Waals surface area contributed by atoms with Crippen molar-refractivity contribution in [2.75, 3.05) is 0 Å². The van der Waals surface area contributed by atoms with E-state index in [1.807, 2.05) is 18.3 Å². The van der Waals surface area contributed by atoms with Gasteiger partial charge in [-0.1, -0.05) is 15.9 Å². The summed E-state index contributed by atoms with van der Waals surface area (Å²) in [4.78, 5) is 4.28. The fraction of sp³-hybridized carbons (Fsp3) is 0. The zero-order chi connectivity index (χ0) is 11.0. The minimum atomic E-state index is 0.612. The largest absolute Gasteiger partial charge is 0.360 e. The summed E-state index contributed by atoms with van der Waals surface area (Å²) in [6.45, 7) is 0. The number of hydrogen-bond donors (Lipinski definition) is 2. The number of halogens is 1. The number of aromatic amines is 2. The summed E-state index contributed by atoms with van der Waals surface area (Å²) in [5.41, 5.74) is 1.09. The average molecular weight is 296 g/mol. The SMILES string of the molecule is Brc1ccc2[nH]cc(Sc3nn[nH]n3)c2c1. The standard InChI is InChI=1S/C9H6BrN5S/c10-5-1-2-7-6(3-5)8(4-11-7)16-9-12-14-15-13-9/h1-4,11H,(H,12,13,14,15). The lowest BCUT2D eigenvalue weighted by molar-refractivity contribution is 0.881. The summed E-state index contributed by atoms with van der Waals surface area (Å²) in [6, 6.07) is 6.09. The zero-order valence-corrected chi connectivity index (χ0v) is 10.3. The zero-order valence-electron chi connectivity index (χ0n) is 7.94. The molecule has 0 spiro atoms. The van der Waals surface area contributed by atoms with Gasteiger partial charge in [-0.3, -0.25) is 0 Å². The number of tetrazole rings is 1. The predicted octanol–water partition coefficient (Wildman–Crippen LogP) is 2.59. The number of nitrogens with one attached hydrogen (secondary N) is 2. The Bertz CT molecular complexity index is 618. The Morgan fingerprint density at radius 1 is 1.31 bits per heavy atom. The van der Waals surface area contributed by atoms with Gasteiger partial charge in [0.1, 0.15) is 0 Å². The highest BCUT2D eigenvalue weighted by atomic mass is 79.9. The molecule has 0 aliphatic rings. The van der Waals surface area contributed by atoms with E-state index in [1.54, 1.807) is 0 Å². The Hall–Kier alpha value is -1.34. The van der Waals surface area contributed by atoms with Crippen molar-refractivity contribution in [3.8, 4) is 0 Å². The maximum atomic E-state index is 3.91. The van der Waals surface area contributed by atoms with Gasteiger partial charge in [0.25, 0.3) is 0 Å². The molecular formula is C9H6BrN5S. The molecule has 0 bridgehead atoms. The molecular weight excluding hydrogens is 290 g/mol. The second-order valence-electron chi connectivity index (χ2n) is 3.14. The number of hydrogen-bond acceptors (Lipinski definition) is 4. The van der Waals surface area contributed by atoms with E-state index in [9.17, 15) is 0 Å². The predicted molar refractivity (Wildman–Crippen MR) is 64.3 cm³/mol. The van der Waals surface area contributed by atoms with Crippen LogP contribution in [-0.4, -0.2) is 25.6 Å². The summed E-state index contributed by atoms with van der Waals surface area (Å²) in [5, 5.41) is 15.5. The molecule has 2 heterocycles. The van der Waals surface area contributed by atoms with Crippen molar-refractivity contribution in [2.45, 2.75) is 10.1 Å². The van der Waals surface area contributed by atoms with E-state index in [0.29, 0.717) is 5.16 Å². The maximum Gasteiger partial charge on any atom is 0.235 e. The lowest BCUT2D eigenvalue weighted by Gasteiger charge is -1.95. The van der Waals surface area contributed by atoms with Crippen LogP contribution in [0.5, 0.6) is 0 Å². The van der Waals surface area contributed by atoms with Crippen LogP contribution in [0.25, 0.3) is 10.9 Å². The molecule has 0 saturated carbocycles. The van der Waals surface area contributed by atoms with Crippen molar-refractivity contribution >= 4 is 38.6 Å². The number of H-pyrrole nitrogens is 2. The Morgan fingerprint density at radius 3 is 3.06 bits per heavy atom. The first-order valence-electron chi connectivity index (χ1n) is 4.51. The molecule has 7 heteroatoms. The molecule has 1 aromatic carbocycles. The Balaban J connectivity index is 2.07. The van der Waals surface area contributed by atoms with Crippen LogP contribution in [0.15, 0.2) is 38.9 Å². The van der Waals surface area contributed by atoms with Crippen LogP contribution in [0, 0.1) is 0 Å². The maximum absolute atomic E-state index is 3.91. The highest BCUT2D eigenvalue weighted by molar-refractivity contribution is 9.10. The second kappa shape index (κ2) is 3.91. The Morgan fingerprint density at radius 2 is 2.25 bits per heavy atom. The number of fused-ring (bicyclic) bond motifs is 1. The highest BCUT2D eigenvalue weighted by Crippen LogP contribution is 2.32. The minimum absolute atomic E-state index is 0.612. The lowest BCUT2D eigenvalue weighted by Crippen LogP contribution is -1.75. The first-order chi connectivity index (χ1) is 7.83. The molecule has 0 saturated heterocycles. The summed E-state index contributed by atoms with van der Waals surface area (Å²) < 4.78 is 1.05. The van der Waals surface area contributed by atoms with Gasteiger partial charge in [-0.25, -0.2) is 0 Å². The van der Waals surface area contributed by atoms with Crippen LogP contribution in [0.1, 0.15) is 0 Å². The molecule has 16 heavy (non-hydrogen) atoms. The van der Waals surface area contributed by atoms with E-state index >= 15 is 0 Å². The van der Waals surface area contributed by atoms with Gasteiger partial charge in [-0.15, -0.1) is 10.2 Å². The molecule has 3 rings (SSSR count). The molecule has 5 nitrogen and oxygen atoms in total. The quantitative estimate of drug-likeness (QED) is 0.762. The van der Waals surface area contributed by atoms with Crippen LogP contribution in [0.4, 0.5) is 0 Å². The van der Waals surface area contributed by atoms with E-state index in [0.717, 1.165) is 20.3 Å². The number of aromatic nitrogens is 5. The average Bonchev–Trinajstić information content (AvgIpc) is 2.90. The lowest BCUT2D eigenvalue weighted by atomic mass is 10.2. The van der Waals surface area contributed by atoms with E-state index in [1.165, 1.54) is 11.8 Å². The molecule has 3 aromatic rings. The fourth-order valence-corrected chi connectivity index (χ4v) is 2.57. The first-order valence-corrected chi connectivity index (χ1v) is 6.12. The second-order valence-corrected chi connectivity index (χ2v) is 5.06. The Kier molecular flexibility index (Phi) is 2.41. The fourth-order valence-electron chi connectivity index (χ4n) is 1.45. The molecule has 0 amide bonds. The van der Waals surface area contributed by atoms with Crippen molar-refractivity contribution in [2.24, 2.45) is 0 Å². The van der Waals surface area contributed by atoms with Crippen LogP contribution in [-0.2, 0) is 0 Å². The number of rotatable bonds is 2. The van der Waals surface area contributed by atoms with Crippen molar-refractivity contribution in [1.82, 2.24) is 25.6 Å². The van der Waals surface area contributed by atoms with Crippen LogP contribution >= 0.6 is 27.7 Å². The van der Waals surface area contributed by atoms with E-state index in [4.69, 9.17) is 0 Å². The van der Waals surface area contributed by atoms with Gasteiger partial charge in [0, 0.05) is 26.5 Å². The molecule has 0 fully saturated rings. The summed E-state index contributed by atoms with van der Waals surface area (Å²) >= 11 is 4.93. The van der Waals surface area contributed by atoms with Gasteiger partial charge in [0.05, 0.1) is 0 Å². The Labute approximate surface area is 103 Å². The third kappa shape index (κ3) is 1.72. The van der Waals surface area contributed by atoms with Gasteiger partial charge in [-0.05, 0) is 35.2 Å². The van der Waals surface area contributed by atoms with E-state index in [-0.39, 0.29) is 0 Å². The van der Waals surface area contributed by atoms with Gasteiger partial charge < -0.3 is 4.98 Å². The summed E-state index contributed by atoms with van der Waals surface area (Å²) in [6.07, 6.45) is 1.94. The monoisotopic (exact) mass is 295 g/mol. The van der Waals surface area contributed by atoms with Gasteiger partial charge >= 0.3 is 0 Å². The first kappa shape index (κ1) is 9.86. The van der Waals surface area contributed by atoms with Crippen molar-refractivity contribution in [3.63, 3.8) is 0 Å². The molecule has 0 aliphatic carbocycles. The van der Waals surface area contributed by atoms with Crippen LogP contribution in [0.2, 0.25) is 0 Å². The molecule has 2 N–H and O–H groups in total. The summed E-state index contributed by atoms with van der Waals surface area (Å²) in [5.74, 6) is 0. The van der Waals surface area contributed by atoms with Crippen molar-refractivity contribution in [1.29, 1.82) is 0 Å². The van der Waals surface area contributed by atoms with Gasteiger partial charge in [0.2, 0.25) is 5.16 Å². The van der Waals surface area contributed by atoms with Gasteiger partial charge in [-0.2, -0.15) is 5.21 Å². The minimum Gasteiger partial charge on any atom is -0.360 e. The van der Waals surface area contributed by atoms with Crippen molar-refractivity contribution in [3.05, 3.63) is 28.9 Å². The molecule has 0 radical (unpaired) electrons. The third-order valence-electron chi connectivity index (χ3n) is 2.13. The van der Waals surface area contributed by atoms with Crippen LogP contribution in [0.3, 0.4) is 0 Å². The van der Waals surface area contributed by atoms with E-state index < -0.39 is 0 Å². The third-order valence-corrected chi connectivity index (χ3v) is 3.54. The molecule has 0 unspecified atom stereocenters. The molecule has 0 atom stereocenters. The smallest absolute Gasteiger partial charge is 0.235 e. The van der Waals surface area contributed by atoms with Crippen LogP contribution < -0.4 is 0 Å². The van der Waals surface area contributed by atoms with E-state index in [2.05, 4.69) is 47.6 Å². The highest BCUT2D eigenvalue weighted by Gasteiger charge is 2.08. The van der Waals surface area contributed by atoms with Gasteiger partial charge in [0.15, 0.2) is 0 Å². The number of benzene rings is 1. The van der Waals surface area contributed by atoms with Crippen molar-refractivity contribution < 1.29 is 0 Å².